The Morgan fingerprint density at radius 1 is 0.486 bits per heavy atom. The molecular weight excluding hydrogens is 1370 g/mol. The maximum absolute atomic E-state index is 13.9. The van der Waals surface area contributed by atoms with Crippen molar-refractivity contribution in [3.05, 3.63) is 119 Å². The molecule has 9 aliphatic rings. The van der Waals surface area contributed by atoms with E-state index >= 15 is 0 Å². The fraction of sp³-hybridized carbons (Fsp3) is 0.423. The number of aromatic nitrogens is 2. The first kappa shape index (κ1) is 73.6. The number of nitrogens with zero attached hydrogens (tertiary/aromatic N) is 7. The van der Waals surface area contributed by atoms with Crippen molar-refractivity contribution >= 4 is 115 Å². The van der Waals surface area contributed by atoms with Gasteiger partial charge in [0.05, 0.1) is 46.0 Å². The zero-order valence-electron chi connectivity index (χ0n) is 59.1. The lowest BCUT2D eigenvalue weighted by Crippen LogP contribution is -2.65. The number of hydrogen-bond donors (Lipinski definition) is 15. The molecule has 3 fully saturated rings. The third-order valence-electron chi connectivity index (χ3n) is 22.3. The molecule has 5 unspecified atom stereocenters. The molecule has 12 atom stereocenters. The molecule has 2 heterocycles. The van der Waals surface area contributed by atoms with Gasteiger partial charge in [-0.2, -0.15) is 0 Å². The number of likely N-dealkylation sites (N-methyl/N-ethyl adjacent to an activating group) is 3. The molecule has 0 aliphatic heterocycles. The molecular formula is C71H80N12O22. The number of carbonyl (C=O) groups excluding carboxylic acids is 9. The van der Waals surface area contributed by atoms with Crippen LogP contribution in [0.4, 0.5) is 22.7 Å². The number of anilines is 4. The number of benzene rings is 3. The van der Waals surface area contributed by atoms with E-state index in [-0.39, 0.29) is 77.0 Å². The number of phenols is 1. The SMILES string of the molecule is CN(C)c1cc(N)c(O)c2c1CC1C[C@H]3C(N(C)C)C(=O)C(C(N)=O)=C(O)[C@@]3(O)C(=O)C1=C2O.CN(C)c1cc2[nH]c(=O)oc2c2c1CC1C[C@H]3C(N(C)C)C(=O)C(C(N)=O)=C(O)[C@@]3(O)C(=O)C1=C2O.CN(C)c1cc2ncoc2c2c1C[C@H]1C[C@H]3C(N(C)C)C(=O)C(C(N)=O)=C(O)[C@@]3(O)C(=O)C1=C2O. The Balaban J connectivity index is 0.000000148. The molecule has 34 heteroatoms. The number of aliphatic hydroxyl groups is 9. The van der Waals surface area contributed by atoms with Crippen molar-refractivity contribution in [3.8, 4) is 5.75 Å². The van der Waals surface area contributed by atoms with Gasteiger partial charge in [-0.25, -0.2) is 9.78 Å². The van der Waals surface area contributed by atoms with Gasteiger partial charge in [-0.15, -0.1) is 0 Å². The van der Waals surface area contributed by atoms with Crippen LogP contribution >= 0.6 is 0 Å². The van der Waals surface area contributed by atoms with Gasteiger partial charge < -0.3 is 97.5 Å². The van der Waals surface area contributed by atoms with Crippen molar-refractivity contribution in [2.45, 2.75) is 73.5 Å². The molecule has 0 spiro atoms. The summed E-state index contributed by atoms with van der Waals surface area (Å²) in [6.07, 6.45) is 2.15. The number of nitrogens with one attached hydrogen (secondary N) is 1. The normalized spacial score (nSPS) is 28.3. The number of amides is 3. The number of primary amides is 3. The lowest BCUT2D eigenvalue weighted by Gasteiger charge is -2.50. The minimum absolute atomic E-state index is 0.0115. The molecule has 14 rings (SSSR count). The predicted molar refractivity (Wildman–Crippen MR) is 375 cm³/mol. The van der Waals surface area contributed by atoms with E-state index in [0.717, 1.165) is 11.3 Å². The number of carbonyl (C=O) groups is 9. The molecule has 0 radical (unpaired) electrons. The maximum Gasteiger partial charge on any atom is 0.417 e. The molecule has 105 heavy (non-hydrogen) atoms. The van der Waals surface area contributed by atoms with E-state index in [0.29, 0.717) is 51.1 Å². The van der Waals surface area contributed by atoms with E-state index in [1.165, 1.54) is 21.1 Å². The monoisotopic (exact) mass is 1450 g/mol. The molecule has 19 N–H and O–H groups in total. The van der Waals surface area contributed by atoms with Crippen LogP contribution in [-0.2, 0) is 62.4 Å². The van der Waals surface area contributed by atoms with Crippen molar-refractivity contribution < 1.29 is 103 Å². The van der Waals surface area contributed by atoms with E-state index in [9.17, 15) is 99.0 Å². The molecule has 5 aromatic rings. The second-order valence-electron chi connectivity index (χ2n) is 29.3. The summed E-state index contributed by atoms with van der Waals surface area (Å²) in [4.78, 5) is 146. The topological polar surface area (TPSA) is 551 Å². The number of H-pyrrole nitrogens is 1. The van der Waals surface area contributed by atoms with Gasteiger partial charge in [0, 0.05) is 93.8 Å². The van der Waals surface area contributed by atoms with Crippen LogP contribution in [-0.4, -0.2) is 248 Å². The van der Waals surface area contributed by atoms with Crippen molar-refractivity contribution in [2.75, 3.05) is 105 Å². The number of phenolic OH excluding ortho intramolecular Hbond substituents is 1. The number of hydrogen-bond acceptors (Lipinski definition) is 30. The predicted octanol–water partition coefficient (Wildman–Crippen LogP) is -0.163. The van der Waals surface area contributed by atoms with Crippen LogP contribution in [0.2, 0.25) is 0 Å². The van der Waals surface area contributed by atoms with Crippen molar-refractivity contribution in [2.24, 2.45) is 52.7 Å². The standard InChI is InChI=1S/C24H26N4O8.C24H26N4O7.C23H28N4O7/c1-27(2)12-7-11-19(36-23(34)26-11)14-9(12)5-8-6-10-16(28(3)4)18(30)15(22(25)33)21(32)24(10,35)20(31)13(8)17(14)29;1-27(2)13-7-12-20(35-8-26-12)15-10(13)5-9-6-11-17(28(3)4)19(30)16(23(25)33)22(32)24(11,34)21(31)14(9)18(15)29;1-26(2)12-7-11(24)17(28)14-9(12)5-8-6-10-16(27(3)4)19(30)15(22(25)33)21(32)23(10,34)20(31)13(8)18(14)29/h7-8,10,16,29,32,35H,5-6H2,1-4H3,(H2,25,33)(H,26,34);7-9,11,17,29,32,34H,5-6H2,1-4H3,(H2,25,33);7-8,10,16,28-29,32,34H,5-6,24H2,1-4H3,(H2,25,33)/t8?,10-,16?,24-;9-,11-,17?,24-;8?,10-,16?,23-/m000/s1. The molecule has 0 bridgehead atoms. The van der Waals surface area contributed by atoms with Gasteiger partial charge in [0.2, 0.25) is 17.3 Å². The number of oxazole rings is 2. The Hall–Kier alpha value is -11.2. The van der Waals surface area contributed by atoms with Crippen LogP contribution in [0.5, 0.6) is 5.75 Å². The van der Waals surface area contributed by atoms with Crippen LogP contribution in [0.1, 0.15) is 52.6 Å². The largest absolute Gasteiger partial charge is 0.508 e. The Kier molecular flexibility index (Phi) is 17.5. The van der Waals surface area contributed by atoms with Crippen molar-refractivity contribution in [3.63, 3.8) is 0 Å². The molecule has 556 valence electrons. The maximum atomic E-state index is 13.9. The van der Waals surface area contributed by atoms with Gasteiger partial charge in [0.1, 0.15) is 62.5 Å². The molecule has 2 aromatic heterocycles. The Labute approximate surface area is 596 Å². The minimum Gasteiger partial charge on any atom is -0.508 e. The van der Waals surface area contributed by atoms with Gasteiger partial charge in [-0.3, -0.25) is 62.8 Å². The third-order valence-corrected chi connectivity index (χ3v) is 22.3. The number of nitrogens with two attached hydrogens (primary N) is 4. The summed E-state index contributed by atoms with van der Waals surface area (Å²) >= 11 is 0. The number of nitrogen functional groups attached to an aromatic ring is 1. The summed E-state index contributed by atoms with van der Waals surface area (Å²) in [6.45, 7) is 0. The highest BCUT2D eigenvalue weighted by Crippen LogP contribution is 2.58. The Morgan fingerprint density at radius 2 is 0.810 bits per heavy atom. The first-order chi connectivity index (χ1) is 48.9. The second-order valence-corrected chi connectivity index (χ2v) is 29.3. The number of aliphatic hydroxyl groups excluding tert-OH is 6. The zero-order valence-corrected chi connectivity index (χ0v) is 59.1. The quantitative estimate of drug-likeness (QED) is 0.0518. The molecule has 9 aliphatic carbocycles. The smallest absolute Gasteiger partial charge is 0.417 e. The lowest BCUT2D eigenvalue weighted by atomic mass is 9.57. The summed E-state index contributed by atoms with van der Waals surface area (Å²) < 4.78 is 10.8. The summed E-state index contributed by atoms with van der Waals surface area (Å²) in [7, 11) is 20.2. The van der Waals surface area contributed by atoms with E-state index in [1.54, 1.807) is 92.4 Å². The molecule has 3 saturated carbocycles. The van der Waals surface area contributed by atoms with Gasteiger partial charge in [-0.05, 0) is 133 Å². The molecule has 3 aromatic carbocycles. The lowest BCUT2D eigenvalue weighted by molar-refractivity contribution is -0.155. The van der Waals surface area contributed by atoms with E-state index in [4.69, 9.17) is 31.8 Å². The Bertz CT molecular complexity index is 5080. The highest BCUT2D eigenvalue weighted by molar-refractivity contribution is 6.27. The van der Waals surface area contributed by atoms with Gasteiger partial charge >= 0.3 is 5.76 Å². The first-order valence-corrected chi connectivity index (χ1v) is 33.1. The van der Waals surface area contributed by atoms with Gasteiger partial charge in [0.25, 0.3) is 17.7 Å². The summed E-state index contributed by atoms with van der Waals surface area (Å²) in [5, 5.41) is 112. The number of rotatable bonds is 9. The molecule has 0 saturated heterocycles. The molecule has 3 amide bonds. The van der Waals surface area contributed by atoms with Crippen molar-refractivity contribution in [1.29, 1.82) is 0 Å². The number of ketones is 6. The number of fused-ring (bicyclic) bond motifs is 13. The van der Waals surface area contributed by atoms with Crippen LogP contribution in [0.15, 0.2) is 88.9 Å². The van der Waals surface area contributed by atoms with Crippen LogP contribution < -0.4 is 43.4 Å². The van der Waals surface area contributed by atoms with Crippen LogP contribution in [0.25, 0.3) is 39.5 Å². The molecule has 34 nitrogen and oxygen atoms in total. The number of aromatic amines is 1. The van der Waals surface area contributed by atoms with E-state index < -0.39 is 180 Å². The third kappa shape index (κ3) is 10.3. The van der Waals surface area contributed by atoms with Gasteiger partial charge in [-0.1, -0.05) is 0 Å². The second kappa shape index (κ2) is 25.0. The van der Waals surface area contributed by atoms with Crippen molar-refractivity contribution in [1.82, 2.24) is 24.7 Å². The van der Waals surface area contributed by atoms with E-state index in [2.05, 4.69) is 9.97 Å². The van der Waals surface area contributed by atoms with E-state index in [1.807, 2.05) is 25.1 Å². The van der Waals surface area contributed by atoms with Crippen LogP contribution in [0, 0.1) is 35.5 Å². The average molecular weight is 1450 g/mol. The van der Waals surface area contributed by atoms with Crippen LogP contribution in [0.3, 0.4) is 0 Å². The highest BCUT2D eigenvalue weighted by atomic mass is 16.4. The number of Topliss-reactive ketones (excluding diaryl/α,β-unsaturated/α-hetero) is 6. The van der Waals surface area contributed by atoms with Gasteiger partial charge in [0.15, 0.2) is 51.7 Å². The average Bonchev–Trinajstić information content (AvgIpc) is 0.836. The minimum atomic E-state index is -2.66. The summed E-state index contributed by atoms with van der Waals surface area (Å²) in [6, 6.07) is 1.77. The summed E-state index contributed by atoms with van der Waals surface area (Å²) in [5.41, 5.74) is 16.5. The number of aromatic hydroxyl groups is 1. The first-order valence-electron chi connectivity index (χ1n) is 33.1. The summed E-state index contributed by atoms with van der Waals surface area (Å²) in [5.74, 6) is -20.2. The fourth-order valence-electron chi connectivity index (χ4n) is 17.8. The fourth-order valence-corrected chi connectivity index (χ4v) is 17.8. The Morgan fingerprint density at radius 3 is 1.15 bits per heavy atom. The zero-order chi connectivity index (χ0) is 77.4. The highest BCUT2D eigenvalue weighted by Gasteiger charge is 2.68.